The van der Waals surface area contributed by atoms with Crippen LogP contribution in [0.4, 0.5) is 13.2 Å². The standard InChI is InChI=1S/C14H18F3N3O2/c1-9-4-3-5-10(2)20(9)13(22)8-19-12(21)7-6-11(18-19)14(15,16)17/h6-7,9-10H,3-5,8H2,1-2H3/t9-,10-/m1/s1. The van der Waals surface area contributed by atoms with Crippen LogP contribution in [-0.2, 0) is 17.5 Å². The molecule has 5 nitrogen and oxygen atoms in total. The van der Waals surface area contributed by atoms with Gasteiger partial charge >= 0.3 is 6.18 Å². The van der Waals surface area contributed by atoms with Gasteiger partial charge in [0.25, 0.3) is 5.56 Å². The summed E-state index contributed by atoms with van der Waals surface area (Å²) in [4.78, 5) is 25.6. The first-order valence-corrected chi connectivity index (χ1v) is 7.16. The molecule has 0 bridgehead atoms. The van der Waals surface area contributed by atoms with Crippen LogP contribution in [0.25, 0.3) is 0 Å². The van der Waals surface area contributed by atoms with Crippen molar-refractivity contribution < 1.29 is 18.0 Å². The van der Waals surface area contributed by atoms with Crippen molar-refractivity contribution >= 4 is 5.91 Å². The average Bonchev–Trinajstić information content (AvgIpc) is 2.39. The fourth-order valence-electron chi connectivity index (χ4n) is 2.84. The summed E-state index contributed by atoms with van der Waals surface area (Å²) in [5.41, 5.74) is -1.90. The predicted octanol–water partition coefficient (Wildman–Crippen LogP) is 2.05. The van der Waals surface area contributed by atoms with Gasteiger partial charge in [-0.1, -0.05) is 0 Å². The quantitative estimate of drug-likeness (QED) is 0.839. The summed E-state index contributed by atoms with van der Waals surface area (Å²) >= 11 is 0. The number of amides is 1. The van der Waals surface area contributed by atoms with Crippen LogP contribution < -0.4 is 5.56 Å². The number of aromatic nitrogens is 2. The molecule has 1 aliphatic rings. The zero-order valence-electron chi connectivity index (χ0n) is 12.4. The summed E-state index contributed by atoms with van der Waals surface area (Å²) in [6, 6.07) is 1.43. The van der Waals surface area contributed by atoms with Crippen LogP contribution in [0.15, 0.2) is 16.9 Å². The van der Waals surface area contributed by atoms with Crippen molar-refractivity contribution in [2.75, 3.05) is 0 Å². The van der Waals surface area contributed by atoms with Crippen molar-refractivity contribution in [3.63, 3.8) is 0 Å². The van der Waals surface area contributed by atoms with Gasteiger partial charge in [-0.3, -0.25) is 9.59 Å². The highest BCUT2D eigenvalue weighted by molar-refractivity contribution is 5.76. The SMILES string of the molecule is C[C@@H]1CCC[C@@H](C)N1C(=O)Cn1nc(C(F)(F)F)ccc1=O. The Kier molecular flexibility index (Phi) is 4.58. The third-order valence-electron chi connectivity index (χ3n) is 3.92. The number of hydrogen-bond donors (Lipinski definition) is 0. The maximum atomic E-state index is 12.6. The Bertz CT molecular complexity index is 602. The van der Waals surface area contributed by atoms with Crippen molar-refractivity contribution in [1.82, 2.24) is 14.7 Å². The molecule has 2 rings (SSSR count). The molecule has 0 aliphatic carbocycles. The number of carbonyl (C=O) groups excluding carboxylic acids is 1. The van der Waals surface area contributed by atoms with Crippen LogP contribution in [0.3, 0.4) is 0 Å². The smallest absolute Gasteiger partial charge is 0.336 e. The van der Waals surface area contributed by atoms with E-state index in [4.69, 9.17) is 0 Å². The molecule has 1 amide bonds. The summed E-state index contributed by atoms with van der Waals surface area (Å²) in [6.07, 6.45) is -1.94. The van der Waals surface area contributed by atoms with E-state index in [-0.39, 0.29) is 18.0 Å². The van der Waals surface area contributed by atoms with Gasteiger partial charge in [0.15, 0.2) is 5.69 Å². The van der Waals surface area contributed by atoms with Gasteiger partial charge in [-0.25, -0.2) is 4.68 Å². The van der Waals surface area contributed by atoms with E-state index in [0.717, 1.165) is 25.3 Å². The normalized spacial score (nSPS) is 22.7. The minimum atomic E-state index is -4.65. The first-order chi connectivity index (χ1) is 10.2. The monoisotopic (exact) mass is 317 g/mol. The molecule has 0 unspecified atom stereocenters. The van der Waals surface area contributed by atoms with Gasteiger partial charge in [-0.05, 0) is 39.2 Å². The molecule has 8 heteroatoms. The Hall–Kier alpha value is -1.86. The minimum absolute atomic E-state index is 0.0118. The Labute approximate surface area is 125 Å². The topological polar surface area (TPSA) is 55.2 Å². The number of halogens is 3. The fourth-order valence-corrected chi connectivity index (χ4v) is 2.84. The van der Waals surface area contributed by atoms with Crippen molar-refractivity contribution in [3.05, 3.63) is 28.2 Å². The molecule has 0 saturated carbocycles. The summed E-state index contributed by atoms with van der Waals surface area (Å²) in [5, 5.41) is 3.26. The first-order valence-electron chi connectivity index (χ1n) is 7.16. The lowest BCUT2D eigenvalue weighted by Crippen LogP contribution is -2.49. The fraction of sp³-hybridized carbons (Fsp3) is 0.643. The number of carbonyl (C=O) groups is 1. The van der Waals surface area contributed by atoms with Crippen LogP contribution in [0.5, 0.6) is 0 Å². The van der Waals surface area contributed by atoms with Crippen LogP contribution in [-0.4, -0.2) is 32.7 Å². The van der Waals surface area contributed by atoms with Crippen molar-refractivity contribution in [1.29, 1.82) is 0 Å². The van der Waals surface area contributed by atoms with Gasteiger partial charge in [0.1, 0.15) is 6.54 Å². The molecule has 22 heavy (non-hydrogen) atoms. The first kappa shape index (κ1) is 16.5. The molecule has 1 fully saturated rings. The minimum Gasteiger partial charge on any atom is -0.336 e. The van der Waals surface area contributed by atoms with Crippen LogP contribution in [0, 0.1) is 0 Å². The highest BCUT2D eigenvalue weighted by Crippen LogP contribution is 2.26. The van der Waals surface area contributed by atoms with Gasteiger partial charge in [-0.2, -0.15) is 18.3 Å². The Balaban J connectivity index is 2.23. The van der Waals surface area contributed by atoms with Crippen LogP contribution in [0.1, 0.15) is 38.8 Å². The van der Waals surface area contributed by atoms with E-state index in [2.05, 4.69) is 5.10 Å². The van der Waals surface area contributed by atoms with E-state index in [1.807, 2.05) is 13.8 Å². The van der Waals surface area contributed by atoms with Gasteiger partial charge in [0.2, 0.25) is 5.91 Å². The lowest BCUT2D eigenvalue weighted by molar-refractivity contribution is -0.144. The molecule has 122 valence electrons. The molecule has 1 saturated heterocycles. The second-order valence-corrected chi connectivity index (χ2v) is 5.64. The molecule has 1 aromatic rings. The molecule has 0 spiro atoms. The number of nitrogens with zero attached hydrogens (tertiary/aromatic N) is 3. The Morgan fingerprint density at radius 3 is 2.41 bits per heavy atom. The third-order valence-corrected chi connectivity index (χ3v) is 3.92. The molecule has 2 heterocycles. The average molecular weight is 317 g/mol. The Morgan fingerprint density at radius 2 is 1.86 bits per heavy atom. The maximum Gasteiger partial charge on any atom is 0.435 e. The lowest BCUT2D eigenvalue weighted by Gasteiger charge is -2.39. The number of likely N-dealkylation sites (tertiary alicyclic amines) is 1. The van der Waals surface area contributed by atoms with Gasteiger partial charge in [0, 0.05) is 18.2 Å². The van der Waals surface area contributed by atoms with Gasteiger partial charge in [-0.15, -0.1) is 0 Å². The second-order valence-electron chi connectivity index (χ2n) is 5.64. The molecular formula is C14H18F3N3O2. The van der Waals surface area contributed by atoms with E-state index in [9.17, 15) is 22.8 Å². The number of alkyl halides is 3. The van der Waals surface area contributed by atoms with E-state index in [1.165, 1.54) is 0 Å². The van der Waals surface area contributed by atoms with Crippen molar-refractivity contribution in [2.24, 2.45) is 0 Å². The molecular weight excluding hydrogens is 299 g/mol. The van der Waals surface area contributed by atoms with Gasteiger partial charge in [0.05, 0.1) is 0 Å². The number of hydrogen-bond acceptors (Lipinski definition) is 3. The molecule has 0 radical (unpaired) electrons. The maximum absolute atomic E-state index is 12.6. The molecule has 0 aromatic carbocycles. The van der Waals surface area contributed by atoms with E-state index < -0.39 is 24.0 Å². The zero-order chi connectivity index (χ0) is 16.5. The second kappa shape index (κ2) is 6.10. The molecule has 1 aromatic heterocycles. The lowest BCUT2D eigenvalue weighted by atomic mass is 9.97. The zero-order valence-corrected chi connectivity index (χ0v) is 12.4. The molecule has 1 aliphatic heterocycles. The van der Waals surface area contributed by atoms with Crippen molar-refractivity contribution in [2.45, 2.75) is 57.9 Å². The highest BCUT2D eigenvalue weighted by Gasteiger charge is 2.34. The third kappa shape index (κ3) is 3.48. The highest BCUT2D eigenvalue weighted by atomic mass is 19.4. The number of rotatable bonds is 2. The van der Waals surface area contributed by atoms with E-state index in [1.54, 1.807) is 4.90 Å². The summed E-state index contributed by atoms with van der Waals surface area (Å²) < 4.78 is 38.5. The van der Waals surface area contributed by atoms with Crippen LogP contribution in [0.2, 0.25) is 0 Å². The molecule has 0 N–H and O–H groups in total. The summed E-state index contributed by atoms with van der Waals surface area (Å²) in [7, 11) is 0. The number of piperidine rings is 1. The summed E-state index contributed by atoms with van der Waals surface area (Å²) in [6.45, 7) is 3.32. The predicted molar refractivity (Wildman–Crippen MR) is 73.1 cm³/mol. The Morgan fingerprint density at radius 1 is 1.27 bits per heavy atom. The van der Waals surface area contributed by atoms with Crippen molar-refractivity contribution in [3.8, 4) is 0 Å². The van der Waals surface area contributed by atoms with E-state index in [0.29, 0.717) is 10.7 Å². The largest absolute Gasteiger partial charge is 0.435 e. The molecule has 2 atom stereocenters. The summed E-state index contributed by atoms with van der Waals surface area (Å²) in [5.74, 6) is -0.381. The van der Waals surface area contributed by atoms with Gasteiger partial charge < -0.3 is 4.90 Å². The van der Waals surface area contributed by atoms with Crippen LogP contribution >= 0.6 is 0 Å². The van der Waals surface area contributed by atoms with E-state index >= 15 is 0 Å².